The van der Waals surface area contributed by atoms with Gasteiger partial charge in [-0.05, 0) is 78.7 Å². The molecule has 0 unspecified atom stereocenters. The lowest BCUT2D eigenvalue weighted by atomic mass is 10.1. The average Bonchev–Trinajstić information content (AvgIpc) is 3.02. The van der Waals surface area contributed by atoms with Crippen molar-refractivity contribution in [1.82, 2.24) is 4.90 Å². The van der Waals surface area contributed by atoms with Gasteiger partial charge in [0.1, 0.15) is 4.32 Å². The van der Waals surface area contributed by atoms with Crippen LogP contribution in [-0.2, 0) is 14.3 Å². The topological polar surface area (TPSA) is 65.1 Å². The number of hydrogen-bond acceptors (Lipinski definition) is 7. The molecule has 2 rings (SSSR count). The molecular formula is C25H34BrNO5S2. The van der Waals surface area contributed by atoms with Gasteiger partial charge < -0.3 is 14.2 Å². The molecule has 9 heteroatoms. The van der Waals surface area contributed by atoms with Crippen LogP contribution in [0.25, 0.3) is 6.08 Å². The number of benzene rings is 1. The number of carbonyl (C=O) groups excluding carboxylic acids is 2. The maximum absolute atomic E-state index is 13.0. The first-order valence-corrected chi connectivity index (χ1v) is 13.8. The molecule has 1 saturated heterocycles. The Balaban J connectivity index is 2.03. The van der Waals surface area contributed by atoms with Crippen molar-refractivity contribution in [3.8, 4) is 11.5 Å². The summed E-state index contributed by atoms with van der Waals surface area (Å²) in [6, 6.07) is 3.82. The second kappa shape index (κ2) is 14.7. The molecule has 0 N–H and O–H groups in total. The van der Waals surface area contributed by atoms with Gasteiger partial charge in [0.05, 0.1) is 29.2 Å². The molecule has 1 amide bonds. The summed E-state index contributed by atoms with van der Waals surface area (Å²) in [5.41, 5.74) is 0.835. The van der Waals surface area contributed by atoms with Crippen LogP contribution in [0.5, 0.6) is 11.5 Å². The monoisotopic (exact) mass is 571 g/mol. The van der Waals surface area contributed by atoms with Crippen LogP contribution >= 0.6 is 39.9 Å². The molecule has 0 aliphatic carbocycles. The van der Waals surface area contributed by atoms with Crippen LogP contribution in [0.1, 0.15) is 65.4 Å². The molecule has 0 aromatic heterocycles. The Kier molecular flexibility index (Phi) is 12.4. The quantitative estimate of drug-likeness (QED) is 0.108. The third-order valence-electron chi connectivity index (χ3n) is 5.01. The van der Waals surface area contributed by atoms with Gasteiger partial charge in [0, 0.05) is 13.0 Å². The highest BCUT2D eigenvalue weighted by atomic mass is 79.9. The summed E-state index contributed by atoms with van der Waals surface area (Å²) in [5.74, 6) is 1.60. The number of halogens is 1. The lowest BCUT2D eigenvalue weighted by Crippen LogP contribution is -2.29. The fourth-order valence-corrected chi connectivity index (χ4v) is 5.15. The molecule has 6 nitrogen and oxygen atoms in total. The minimum atomic E-state index is -0.176. The van der Waals surface area contributed by atoms with Crippen LogP contribution in [0.3, 0.4) is 0 Å². The molecule has 34 heavy (non-hydrogen) atoms. The van der Waals surface area contributed by atoms with E-state index < -0.39 is 0 Å². The highest BCUT2D eigenvalue weighted by Gasteiger charge is 2.31. The Morgan fingerprint density at radius 2 is 1.94 bits per heavy atom. The average molecular weight is 573 g/mol. The minimum absolute atomic E-state index is 0.0910. The Morgan fingerprint density at radius 3 is 2.62 bits per heavy atom. The van der Waals surface area contributed by atoms with Crippen LogP contribution in [0, 0.1) is 5.92 Å². The molecule has 1 aliphatic rings. The molecule has 1 aromatic rings. The lowest BCUT2D eigenvalue weighted by Gasteiger charge is -2.15. The molecule has 0 saturated carbocycles. The van der Waals surface area contributed by atoms with E-state index in [4.69, 9.17) is 26.4 Å². The summed E-state index contributed by atoms with van der Waals surface area (Å²) in [7, 11) is 0. The van der Waals surface area contributed by atoms with Gasteiger partial charge in [-0.15, -0.1) is 0 Å². The highest BCUT2D eigenvalue weighted by Crippen LogP contribution is 2.39. The van der Waals surface area contributed by atoms with Crippen LogP contribution < -0.4 is 9.47 Å². The molecule has 1 heterocycles. The Hall–Kier alpha value is -1.58. The van der Waals surface area contributed by atoms with E-state index in [1.165, 1.54) is 11.8 Å². The Bertz CT molecular complexity index is 904. The third-order valence-corrected chi connectivity index (χ3v) is 6.98. The predicted octanol–water partition coefficient (Wildman–Crippen LogP) is 6.60. The third kappa shape index (κ3) is 8.89. The summed E-state index contributed by atoms with van der Waals surface area (Å²) < 4.78 is 18.1. The number of carbonyl (C=O) groups is 2. The van der Waals surface area contributed by atoms with E-state index in [-0.39, 0.29) is 11.9 Å². The van der Waals surface area contributed by atoms with Crippen LogP contribution in [0.15, 0.2) is 21.5 Å². The second-order valence-corrected chi connectivity index (χ2v) is 10.8. The van der Waals surface area contributed by atoms with Crippen molar-refractivity contribution in [3.63, 3.8) is 0 Å². The summed E-state index contributed by atoms with van der Waals surface area (Å²) in [6.45, 7) is 10.1. The van der Waals surface area contributed by atoms with E-state index in [1.807, 2.05) is 25.1 Å². The van der Waals surface area contributed by atoms with E-state index >= 15 is 0 Å². The fourth-order valence-electron chi connectivity index (χ4n) is 3.26. The van der Waals surface area contributed by atoms with Gasteiger partial charge in [-0.25, -0.2) is 0 Å². The Labute approximate surface area is 220 Å². The number of nitrogens with zero attached hydrogens (tertiary/aromatic N) is 1. The van der Waals surface area contributed by atoms with E-state index in [0.29, 0.717) is 59.4 Å². The Morgan fingerprint density at radius 1 is 1.18 bits per heavy atom. The number of amides is 1. The summed E-state index contributed by atoms with van der Waals surface area (Å²) in [5, 5.41) is 0. The van der Waals surface area contributed by atoms with Gasteiger partial charge in [0.25, 0.3) is 5.91 Å². The van der Waals surface area contributed by atoms with E-state index in [0.717, 1.165) is 35.7 Å². The van der Waals surface area contributed by atoms with Gasteiger partial charge >= 0.3 is 5.97 Å². The number of esters is 1. The maximum atomic E-state index is 13.0. The molecule has 1 fully saturated rings. The van der Waals surface area contributed by atoms with E-state index in [2.05, 4.69) is 29.8 Å². The van der Waals surface area contributed by atoms with Gasteiger partial charge in [0.15, 0.2) is 11.5 Å². The standard InChI is InChI=1S/C25H34BrNO5S2/c1-5-30-20-15-18(14-19(26)23(20)32-13-11-17(3)4)16-21-24(29)27(25(33)34-21)12-9-7-8-10-22(28)31-6-2/h14-17H,5-13H2,1-4H3/b21-16+. The summed E-state index contributed by atoms with van der Waals surface area (Å²) in [6.07, 6.45) is 5.54. The maximum Gasteiger partial charge on any atom is 0.305 e. The van der Waals surface area contributed by atoms with Crippen molar-refractivity contribution in [2.45, 2.75) is 59.8 Å². The zero-order valence-corrected chi connectivity index (χ0v) is 23.6. The SMILES string of the molecule is CCOC(=O)CCCCCN1C(=O)/C(=C\c2cc(Br)c(OCCC(C)C)c(OCC)c2)SC1=S. The number of hydrogen-bond donors (Lipinski definition) is 0. The summed E-state index contributed by atoms with van der Waals surface area (Å²) >= 11 is 10.3. The molecule has 1 aromatic carbocycles. The van der Waals surface area contributed by atoms with Crippen molar-refractivity contribution in [2.75, 3.05) is 26.4 Å². The first-order chi connectivity index (χ1) is 16.3. The first kappa shape index (κ1) is 28.7. The second-order valence-electron chi connectivity index (χ2n) is 8.24. The smallest absolute Gasteiger partial charge is 0.305 e. The number of unbranched alkanes of at least 4 members (excludes halogenated alkanes) is 2. The minimum Gasteiger partial charge on any atom is -0.490 e. The number of thioether (sulfide) groups is 1. The fraction of sp³-hybridized carbons (Fsp3) is 0.560. The number of thiocarbonyl (C=S) groups is 1. The van der Waals surface area contributed by atoms with Gasteiger partial charge in [0.2, 0.25) is 0 Å². The molecule has 0 bridgehead atoms. The summed E-state index contributed by atoms with van der Waals surface area (Å²) in [4.78, 5) is 26.6. The van der Waals surface area contributed by atoms with Gasteiger partial charge in [-0.3, -0.25) is 14.5 Å². The molecule has 188 valence electrons. The van der Waals surface area contributed by atoms with Crippen LogP contribution in [-0.4, -0.2) is 47.5 Å². The number of rotatable bonds is 14. The highest BCUT2D eigenvalue weighted by molar-refractivity contribution is 9.10. The first-order valence-electron chi connectivity index (χ1n) is 11.8. The van der Waals surface area contributed by atoms with Gasteiger partial charge in [-0.2, -0.15) is 0 Å². The van der Waals surface area contributed by atoms with Crippen LogP contribution in [0.2, 0.25) is 0 Å². The lowest BCUT2D eigenvalue weighted by molar-refractivity contribution is -0.143. The van der Waals surface area contributed by atoms with Crippen molar-refractivity contribution in [1.29, 1.82) is 0 Å². The number of ether oxygens (including phenoxy) is 3. The zero-order valence-electron chi connectivity index (χ0n) is 20.4. The molecule has 1 aliphatic heterocycles. The van der Waals surface area contributed by atoms with Gasteiger partial charge in [-0.1, -0.05) is 44.2 Å². The van der Waals surface area contributed by atoms with E-state index in [9.17, 15) is 9.59 Å². The van der Waals surface area contributed by atoms with Crippen molar-refractivity contribution in [2.24, 2.45) is 5.92 Å². The van der Waals surface area contributed by atoms with Crippen molar-refractivity contribution >= 4 is 62.2 Å². The predicted molar refractivity (Wildman–Crippen MR) is 145 cm³/mol. The zero-order chi connectivity index (χ0) is 25.1. The van der Waals surface area contributed by atoms with E-state index in [1.54, 1.807) is 11.8 Å². The van der Waals surface area contributed by atoms with Crippen LogP contribution in [0.4, 0.5) is 0 Å². The molecule has 0 spiro atoms. The largest absolute Gasteiger partial charge is 0.490 e. The molecule has 0 atom stereocenters. The molecular weight excluding hydrogens is 538 g/mol. The van der Waals surface area contributed by atoms with Crippen molar-refractivity contribution < 1.29 is 23.8 Å². The normalized spacial score (nSPS) is 14.9. The van der Waals surface area contributed by atoms with Crippen molar-refractivity contribution in [3.05, 3.63) is 27.1 Å². The molecule has 0 radical (unpaired) electrons.